The smallest absolute Gasteiger partial charge is 0.335 e. The summed E-state index contributed by atoms with van der Waals surface area (Å²) in [5.74, 6) is -1.96. The molecule has 7 fully saturated rings. The molecule has 382 valence electrons. The van der Waals surface area contributed by atoms with Gasteiger partial charge in [-0.15, -0.1) is 0 Å². The highest BCUT2D eigenvalue weighted by atomic mass is 16.8. The second kappa shape index (κ2) is 18.0. The largest absolute Gasteiger partial charge is 0.479 e. The van der Waals surface area contributed by atoms with Gasteiger partial charge in [0.15, 0.2) is 18.7 Å². The number of ether oxygens (including phenoxy) is 6. The van der Waals surface area contributed by atoms with Gasteiger partial charge in [0.1, 0.15) is 67.1 Å². The number of aliphatic hydroxyl groups is 10. The molecule has 0 unspecified atom stereocenters. The van der Waals surface area contributed by atoms with E-state index in [-0.39, 0.29) is 39.4 Å². The van der Waals surface area contributed by atoms with Crippen LogP contribution in [0.1, 0.15) is 113 Å². The molecule has 0 bridgehead atoms. The number of esters is 1. The summed E-state index contributed by atoms with van der Waals surface area (Å²) in [6.07, 6.45) is -16.3. The number of carbonyl (C=O) groups excluding carboxylic acids is 1. The standard InChI is InChI=1S/C48H76O19/c1-43(2)14-16-48(42(61)67-39-34(57)30(53)28(51)23(19-49)62-39)17-15-46(6)21(22(48)18-43)8-9-26-45(5)12-11-27(44(3,4)25(45)10-13-47(26,46)7)64-41-37(32(55)29(52)24(20-50)63-41)66-40-35(58)31(54)33(56)36(65-40)38(59)60/h8,22-37,39-41,49-58H,9-20H2,1-7H3,(H,59,60)/t22-,23+,24+,25-,26+,27-,28+,29+,30-,31-,32-,33-,34+,35+,36-,37+,39-,40-,41-,45-,46+,47+,48-/m0/s1. The molecule has 0 aromatic heterocycles. The van der Waals surface area contributed by atoms with Crippen LogP contribution in [-0.4, -0.2) is 180 Å². The van der Waals surface area contributed by atoms with E-state index in [2.05, 4.69) is 54.5 Å². The summed E-state index contributed by atoms with van der Waals surface area (Å²) in [6.45, 7) is 14.6. The monoisotopic (exact) mass is 956 g/mol. The van der Waals surface area contributed by atoms with Gasteiger partial charge in [0.25, 0.3) is 0 Å². The van der Waals surface area contributed by atoms with Crippen LogP contribution in [0.25, 0.3) is 0 Å². The van der Waals surface area contributed by atoms with E-state index in [0.29, 0.717) is 25.7 Å². The molecule has 3 aliphatic heterocycles. The number of fused-ring (bicyclic) bond motifs is 7. The summed E-state index contributed by atoms with van der Waals surface area (Å²) >= 11 is 0. The van der Waals surface area contributed by atoms with Crippen molar-refractivity contribution in [3.63, 3.8) is 0 Å². The van der Waals surface area contributed by atoms with E-state index in [4.69, 9.17) is 28.4 Å². The summed E-state index contributed by atoms with van der Waals surface area (Å²) in [4.78, 5) is 26.5. The van der Waals surface area contributed by atoms with Gasteiger partial charge in [-0.1, -0.05) is 60.1 Å². The molecular weight excluding hydrogens is 881 g/mol. The molecule has 23 atom stereocenters. The van der Waals surface area contributed by atoms with Crippen molar-refractivity contribution in [2.45, 2.75) is 211 Å². The normalized spacial score (nSPS) is 52.6. The highest BCUT2D eigenvalue weighted by Gasteiger charge is 2.70. The molecule has 67 heavy (non-hydrogen) atoms. The number of carbonyl (C=O) groups is 2. The lowest BCUT2D eigenvalue weighted by Gasteiger charge is -2.71. The summed E-state index contributed by atoms with van der Waals surface area (Å²) in [5, 5.41) is 115. The first kappa shape index (κ1) is 51.4. The van der Waals surface area contributed by atoms with Gasteiger partial charge < -0.3 is 84.6 Å². The minimum atomic E-state index is -1.98. The van der Waals surface area contributed by atoms with Crippen molar-refractivity contribution in [1.82, 2.24) is 0 Å². The fourth-order valence-corrected chi connectivity index (χ4v) is 15.0. The minimum Gasteiger partial charge on any atom is -0.479 e. The molecule has 0 amide bonds. The number of carboxylic acid groups (broad SMARTS) is 1. The van der Waals surface area contributed by atoms with Crippen LogP contribution in [0.5, 0.6) is 0 Å². The van der Waals surface area contributed by atoms with Crippen molar-refractivity contribution >= 4 is 11.9 Å². The maximum atomic E-state index is 14.7. The van der Waals surface area contributed by atoms with Crippen molar-refractivity contribution in [2.24, 2.45) is 50.2 Å². The van der Waals surface area contributed by atoms with Crippen LogP contribution in [0.15, 0.2) is 11.6 Å². The molecule has 0 aromatic carbocycles. The van der Waals surface area contributed by atoms with Gasteiger partial charge in [-0.3, -0.25) is 4.79 Å². The fraction of sp³-hybridized carbons (Fsp3) is 0.917. The van der Waals surface area contributed by atoms with Gasteiger partial charge in [0.2, 0.25) is 6.29 Å². The second-order valence-corrected chi connectivity index (χ2v) is 23.5. The summed E-state index contributed by atoms with van der Waals surface area (Å²) < 4.78 is 35.7. The van der Waals surface area contributed by atoms with Crippen molar-refractivity contribution in [3.05, 3.63) is 11.6 Å². The molecule has 11 N–H and O–H groups in total. The summed E-state index contributed by atoms with van der Waals surface area (Å²) in [7, 11) is 0. The van der Waals surface area contributed by atoms with E-state index in [1.165, 1.54) is 5.57 Å². The van der Waals surface area contributed by atoms with E-state index < -0.39 is 134 Å². The molecule has 3 heterocycles. The van der Waals surface area contributed by atoms with Gasteiger partial charge in [0, 0.05) is 0 Å². The minimum absolute atomic E-state index is 0.0776. The molecule has 0 spiro atoms. The van der Waals surface area contributed by atoms with Crippen molar-refractivity contribution in [3.8, 4) is 0 Å². The number of aliphatic carboxylic acids is 1. The SMILES string of the molecule is CC1(C)CC[C@]2(C(=O)O[C@@H]3O[C@H](CO)[C@@H](O)[C@H](O)[C@H]3O)CC[C@]3(C)C(=CC[C@@H]4[C@@]5(C)CC[C@H](O[C@@H]6O[C@H](CO)[C@@H](O)[C@H](O)[C@H]6O[C@@H]6O[C@H](C(=O)O)[C@@H](O)[C@H](O)[C@H]6O)C(C)(C)[C@@H]5CC[C@]43C)[C@@H]2C1. The van der Waals surface area contributed by atoms with Gasteiger partial charge in [-0.2, -0.15) is 0 Å². The first-order chi connectivity index (χ1) is 31.2. The zero-order chi connectivity index (χ0) is 49.1. The number of aliphatic hydroxyl groups excluding tert-OH is 10. The van der Waals surface area contributed by atoms with Crippen LogP contribution in [0.3, 0.4) is 0 Å². The van der Waals surface area contributed by atoms with Crippen LogP contribution in [0.2, 0.25) is 0 Å². The Balaban J connectivity index is 1.04. The van der Waals surface area contributed by atoms with Crippen molar-refractivity contribution < 1.29 is 94.2 Å². The molecular formula is C48H76O19. The summed E-state index contributed by atoms with van der Waals surface area (Å²) in [5.41, 5.74) is -0.931. The lowest BCUT2D eigenvalue weighted by molar-refractivity contribution is -0.375. The Morgan fingerprint density at radius 2 is 1.24 bits per heavy atom. The Morgan fingerprint density at radius 3 is 1.88 bits per heavy atom. The number of carboxylic acids is 1. The van der Waals surface area contributed by atoms with Gasteiger partial charge >= 0.3 is 11.9 Å². The average molecular weight is 957 g/mol. The third kappa shape index (κ3) is 8.06. The zero-order valence-electron chi connectivity index (χ0n) is 39.7. The zero-order valence-corrected chi connectivity index (χ0v) is 39.7. The quantitative estimate of drug-likeness (QED) is 0.0838. The van der Waals surface area contributed by atoms with E-state index in [9.17, 15) is 65.8 Å². The molecule has 8 rings (SSSR count). The van der Waals surface area contributed by atoms with E-state index in [1.54, 1.807) is 0 Å². The van der Waals surface area contributed by atoms with Gasteiger partial charge in [-0.25, -0.2) is 4.79 Å². The number of hydrogen-bond acceptors (Lipinski definition) is 18. The second-order valence-electron chi connectivity index (χ2n) is 23.5. The van der Waals surface area contributed by atoms with E-state index in [1.807, 2.05) is 0 Å². The van der Waals surface area contributed by atoms with Gasteiger partial charge in [-0.05, 0) is 109 Å². The maximum Gasteiger partial charge on any atom is 0.335 e. The van der Waals surface area contributed by atoms with Crippen LogP contribution in [0.4, 0.5) is 0 Å². The molecule has 3 saturated heterocycles. The Labute approximate surface area is 391 Å². The number of hydrogen-bond donors (Lipinski definition) is 11. The Bertz CT molecular complexity index is 1880. The van der Waals surface area contributed by atoms with Crippen molar-refractivity contribution in [2.75, 3.05) is 13.2 Å². The number of rotatable bonds is 9. The highest BCUT2D eigenvalue weighted by molar-refractivity contribution is 5.79. The first-order valence-corrected chi connectivity index (χ1v) is 24.3. The molecule has 4 saturated carbocycles. The topological polar surface area (TPSA) is 312 Å². The lowest BCUT2D eigenvalue weighted by atomic mass is 9.33. The van der Waals surface area contributed by atoms with Gasteiger partial charge in [0.05, 0.1) is 24.7 Å². The average Bonchev–Trinajstić information content (AvgIpc) is 3.26. The van der Waals surface area contributed by atoms with Crippen LogP contribution in [0, 0.1) is 50.2 Å². The van der Waals surface area contributed by atoms with Crippen molar-refractivity contribution in [1.29, 1.82) is 0 Å². The molecule has 0 aromatic rings. The molecule has 19 heteroatoms. The number of allylic oxidation sites excluding steroid dienone is 2. The molecule has 5 aliphatic carbocycles. The Morgan fingerprint density at radius 1 is 0.642 bits per heavy atom. The van der Waals surface area contributed by atoms with Crippen LogP contribution < -0.4 is 0 Å². The predicted octanol–water partition coefficient (Wildman–Crippen LogP) is 0.233. The lowest BCUT2D eigenvalue weighted by Crippen LogP contribution is -2.67. The fourth-order valence-electron chi connectivity index (χ4n) is 15.0. The Kier molecular flexibility index (Phi) is 13.8. The molecule has 8 aliphatic rings. The van der Waals surface area contributed by atoms with Crippen LogP contribution >= 0.6 is 0 Å². The highest BCUT2D eigenvalue weighted by Crippen LogP contribution is 2.76. The third-order valence-electron chi connectivity index (χ3n) is 19.3. The van der Waals surface area contributed by atoms with Crippen LogP contribution in [-0.2, 0) is 38.0 Å². The van der Waals surface area contributed by atoms with E-state index in [0.717, 1.165) is 38.5 Å². The Hall–Kier alpha value is -1.92. The third-order valence-corrected chi connectivity index (χ3v) is 19.3. The first-order valence-electron chi connectivity index (χ1n) is 24.3. The maximum absolute atomic E-state index is 14.7. The predicted molar refractivity (Wildman–Crippen MR) is 231 cm³/mol. The molecule has 19 nitrogen and oxygen atoms in total. The summed E-state index contributed by atoms with van der Waals surface area (Å²) in [6, 6.07) is 0. The van der Waals surface area contributed by atoms with E-state index >= 15 is 0 Å². The molecule has 0 radical (unpaired) electrons.